The topological polar surface area (TPSA) is 64.9 Å². The number of hydrogen-bond acceptors (Lipinski definition) is 4. The second-order valence-electron chi connectivity index (χ2n) is 1.98. The molecule has 4 nitrogen and oxygen atoms in total. The van der Waals surface area contributed by atoms with E-state index in [1.807, 2.05) is 0 Å². The first kappa shape index (κ1) is 5.22. The third-order valence-electron chi connectivity index (χ3n) is 1.24. The summed E-state index contributed by atoms with van der Waals surface area (Å²) in [6, 6.07) is 1.71. The molecular formula is C6H5N3O. The Morgan fingerprint density at radius 2 is 2.30 bits per heavy atom. The normalized spacial score (nSPS) is 10.4. The van der Waals surface area contributed by atoms with Gasteiger partial charge in [0, 0.05) is 11.8 Å². The van der Waals surface area contributed by atoms with Gasteiger partial charge in [0.05, 0.1) is 6.20 Å². The molecule has 10 heavy (non-hydrogen) atoms. The monoisotopic (exact) mass is 135 g/mol. The lowest BCUT2D eigenvalue weighted by Crippen LogP contribution is -1.89. The van der Waals surface area contributed by atoms with Crippen molar-refractivity contribution in [2.75, 3.05) is 5.73 Å². The van der Waals surface area contributed by atoms with Crippen LogP contribution in [-0.2, 0) is 0 Å². The van der Waals surface area contributed by atoms with Crippen LogP contribution >= 0.6 is 0 Å². The fourth-order valence-corrected chi connectivity index (χ4v) is 0.796. The van der Waals surface area contributed by atoms with Crippen molar-refractivity contribution >= 4 is 5.82 Å². The van der Waals surface area contributed by atoms with E-state index in [0.717, 1.165) is 5.56 Å². The highest BCUT2D eigenvalue weighted by molar-refractivity contribution is 5.59. The highest BCUT2D eigenvalue weighted by Gasteiger charge is 2.05. The third-order valence-corrected chi connectivity index (χ3v) is 1.24. The first-order valence-corrected chi connectivity index (χ1v) is 2.82. The first-order chi connectivity index (χ1) is 4.86. The molecule has 2 rings (SSSR count). The van der Waals surface area contributed by atoms with Gasteiger partial charge in [-0.15, -0.1) is 0 Å². The van der Waals surface area contributed by atoms with Crippen molar-refractivity contribution in [1.29, 1.82) is 0 Å². The SMILES string of the molecule is Nc1cc2cncc-2on1. The lowest BCUT2D eigenvalue weighted by atomic mass is 10.3. The summed E-state index contributed by atoms with van der Waals surface area (Å²) in [4.78, 5) is 3.85. The molecule has 2 heterocycles. The van der Waals surface area contributed by atoms with Gasteiger partial charge in [-0.25, -0.2) is 0 Å². The van der Waals surface area contributed by atoms with Crippen LogP contribution in [-0.4, -0.2) is 10.1 Å². The summed E-state index contributed by atoms with van der Waals surface area (Å²) >= 11 is 0. The second kappa shape index (κ2) is 1.70. The Labute approximate surface area is 57.0 Å². The number of anilines is 1. The molecule has 0 saturated heterocycles. The highest BCUT2D eigenvalue weighted by Crippen LogP contribution is 2.20. The fourth-order valence-electron chi connectivity index (χ4n) is 0.796. The van der Waals surface area contributed by atoms with Gasteiger partial charge in [-0.05, 0) is 6.07 Å². The van der Waals surface area contributed by atoms with Crippen molar-refractivity contribution in [2.24, 2.45) is 0 Å². The minimum atomic E-state index is 0.375. The van der Waals surface area contributed by atoms with E-state index in [1.54, 1.807) is 18.5 Å². The Morgan fingerprint density at radius 3 is 3.20 bits per heavy atom. The second-order valence-corrected chi connectivity index (χ2v) is 1.98. The summed E-state index contributed by atoms with van der Waals surface area (Å²) in [6.45, 7) is 0. The van der Waals surface area contributed by atoms with Crippen molar-refractivity contribution in [1.82, 2.24) is 10.1 Å². The molecule has 0 aliphatic carbocycles. The molecule has 0 saturated carbocycles. The van der Waals surface area contributed by atoms with Gasteiger partial charge in [-0.3, -0.25) is 4.98 Å². The molecule has 4 heteroatoms. The molecule has 0 amide bonds. The number of nitrogen functional groups attached to an aromatic ring is 1. The van der Waals surface area contributed by atoms with Crippen LogP contribution in [0.3, 0.4) is 0 Å². The van der Waals surface area contributed by atoms with Gasteiger partial charge in [-0.1, -0.05) is 5.16 Å². The predicted octanol–water partition coefficient (Wildman–Crippen LogP) is 0.757. The Morgan fingerprint density at radius 1 is 1.40 bits per heavy atom. The maximum atomic E-state index is 5.35. The van der Waals surface area contributed by atoms with Crippen molar-refractivity contribution in [3.63, 3.8) is 0 Å². The van der Waals surface area contributed by atoms with Crippen LogP contribution in [0.2, 0.25) is 0 Å². The van der Waals surface area contributed by atoms with E-state index in [-0.39, 0.29) is 0 Å². The Kier molecular flexibility index (Phi) is 0.887. The zero-order valence-electron chi connectivity index (χ0n) is 5.11. The quantitative estimate of drug-likeness (QED) is 0.579. The average Bonchev–Trinajstić information content (AvgIpc) is 2.33. The molecule has 0 bridgehead atoms. The van der Waals surface area contributed by atoms with E-state index in [9.17, 15) is 0 Å². The molecule has 2 aliphatic rings. The Hall–Kier alpha value is -1.58. The maximum absolute atomic E-state index is 5.35. The van der Waals surface area contributed by atoms with E-state index in [2.05, 4.69) is 10.1 Å². The van der Waals surface area contributed by atoms with Gasteiger partial charge < -0.3 is 10.3 Å². The molecule has 0 fully saturated rings. The molecule has 2 N–H and O–H groups in total. The number of nitrogens with two attached hydrogens (primary N) is 1. The maximum Gasteiger partial charge on any atom is 0.185 e. The van der Waals surface area contributed by atoms with Gasteiger partial charge in [-0.2, -0.15) is 0 Å². The molecule has 0 unspecified atom stereocenters. The van der Waals surface area contributed by atoms with Gasteiger partial charge in [0.2, 0.25) is 0 Å². The zero-order valence-corrected chi connectivity index (χ0v) is 5.11. The molecule has 0 spiro atoms. The number of hydrogen-bond donors (Lipinski definition) is 1. The number of fused-ring (bicyclic) bond motifs is 1. The lowest BCUT2D eigenvalue weighted by molar-refractivity contribution is 0.418. The standard InChI is InChI=1S/C6H5N3O/c7-6-1-4-2-8-3-5(4)10-9-6/h1-3H,(H2,7,9). The summed E-state index contributed by atoms with van der Waals surface area (Å²) < 4.78 is 4.84. The van der Waals surface area contributed by atoms with E-state index < -0.39 is 0 Å². The van der Waals surface area contributed by atoms with Gasteiger partial charge in [0.25, 0.3) is 0 Å². The van der Waals surface area contributed by atoms with Gasteiger partial charge in [0.1, 0.15) is 0 Å². The largest absolute Gasteiger partial charge is 0.381 e. The van der Waals surface area contributed by atoms with Crippen LogP contribution in [0, 0.1) is 0 Å². The first-order valence-electron chi connectivity index (χ1n) is 2.82. The van der Waals surface area contributed by atoms with Crippen LogP contribution in [0.5, 0.6) is 0 Å². The van der Waals surface area contributed by atoms with E-state index >= 15 is 0 Å². The van der Waals surface area contributed by atoms with Gasteiger partial charge >= 0.3 is 0 Å². The minimum Gasteiger partial charge on any atom is -0.381 e. The summed E-state index contributed by atoms with van der Waals surface area (Å²) in [5, 5.41) is 3.54. The van der Waals surface area contributed by atoms with E-state index in [1.165, 1.54) is 0 Å². The summed E-state index contributed by atoms with van der Waals surface area (Å²) in [5.41, 5.74) is 6.23. The van der Waals surface area contributed by atoms with E-state index in [0.29, 0.717) is 11.6 Å². The third kappa shape index (κ3) is 0.621. The summed E-state index contributed by atoms with van der Waals surface area (Å²) in [7, 11) is 0. The van der Waals surface area contributed by atoms with Crippen molar-refractivity contribution in [2.45, 2.75) is 0 Å². The molecule has 0 aromatic rings. The average molecular weight is 135 g/mol. The predicted molar refractivity (Wildman–Crippen MR) is 35.3 cm³/mol. The summed E-state index contributed by atoms with van der Waals surface area (Å²) in [5.74, 6) is 1.04. The van der Waals surface area contributed by atoms with Crippen molar-refractivity contribution in [3.8, 4) is 11.3 Å². The van der Waals surface area contributed by atoms with Crippen LogP contribution in [0.4, 0.5) is 5.82 Å². The number of rotatable bonds is 0. The molecular weight excluding hydrogens is 130 g/mol. The smallest absolute Gasteiger partial charge is 0.185 e. The van der Waals surface area contributed by atoms with Gasteiger partial charge in [0.15, 0.2) is 11.6 Å². The van der Waals surface area contributed by atoms with Crippen LogP contribution in [0.25, 0.3) is 11.3 Å². The van der Waals surface area contributed by atoms with Crippen LogP contribution < -0.4 is 5.73 Å². The van der Waals surface area contributed by atoms with Crippen LogP contribution in [0.1, 0.15) is 0 Å². The molecule has 0 radical (unpaired) electrons. The highest BCUT2D eigenvalue weighted by atomic mass is 16.5. The molecule has 0 aromatic heterocycles. The van der Waals surface area contributed by atoms with Crippen molar-refractivity contribution in [3.05, 3.63) is 18.5 Å². The Balaban J connectivity index is 2.75. The zero-order chi connectivity index (χ0) is 6.97. The summed E-state index contributed by atoms with van der Waals surface area (Å²) in [6.07, 6.45) is 3.28. The number of nitrogens with zero attached hydrogens (tertiary/aromatic N) is 2. The molecule has 50 valence electrons. The molecule has 2 aliphatic heterocycles. The molecule has 0 aromatic carbocycles. The minimum absolute atomic E-state index is 0.375. The fraction of sp³-hybridized carbons (Fsp3) is 0. The Bertz CT molecular complexity index is 317. The number of aromatic nitrogens is 2. The van der Waals surface area contributed by atoms with Crippen LogP contribution in [0.15, 0.2) is 23.0 Å². The van der Waals surface area contributed by atoms with E-state index in [4.69, 9.17) is 10.3 Å². The van der Waals surface area contributed by atoms with Crippen molar-refractivity contribution < 1.29 is 4.52 Å². The molecule has 0 atom stereocenters. The lowest BCUT2D eigenvalue weighted by Gasteiger charge is -1.93.